The van der Waals surface area contributed by atoms with Gasteiger partial charge in [-0.25, -0.2) is 4.68 Å². The van der Waals surface area contributed by atoms with Crippen molar-refractivity contribution in [3.8, 4) is 5.69 Å². The van der Waals surface area contributed by atoms with E-state index in [0.29, 0.717) is 18.9 Å². The summed E-state index contributed by atoms with van der Waals surface area (Å²) in [6.45, 7) is 5.19. The third kappa shape index (κ3) is 5.57. The van der Waals surface area contributed by atoms with Crippen LogP contribution in [0.1, 0.15) is 36.0 Å². The number of nitrogens with zero attached hydrogens (tertiary/aromatic N) is 3. The molecule has 156 valence electrons. The molecule has 0 unspecified atom stereocenters. The van der Waals surface area contributed by atoms with Crippen molar-refractivity contribution >= 4 is 5.91 Å². The largest absolute Gasteiger partial charge is 0.353 e. The first-order valence-corrected chi connectivity index (χ1v) is 10.8. The molecule has 0 saturated carbocycles. The number of benzene rings is 2. The van der Waals surface area contributed by atoms with E-state index in [9.17, 15) is 4.79 Å². The molecule has 0 aliphatic carbocycles. The first kappa shape index (κ1) is 20.4. The molecule has 1 aliphatic heterocycles. The van der Waals surface area contributed by atoms with Crippen LogP contribution in [0, 0.1) is 6.92 Å². The number of aryl methyl sites for hydroxylation is 2. The van der Waals surface area contributed by atoms with Crippen molar-refractivity contribution in [3.05, 3.63) is 83.7 Å². The Balaban J connectivity index is 1.19. The molecule has 2 aromatic carbocycles. The van der Waals surface area contributed by atoms with Crippen molar-refractivity contribution in [2.24, 2.45) is 0 Å². The van der Waals surface area contributed by atoms with Gasteiger partial charge in [0.1, 0.15) is 0 Å². The van der Waals surface area contributed by atoms with Gasteiger partial charge in [-0.2, -0.15) is 5.10 Å². The molecule has 0 radical (unpaired) electrons. The smallest absolute Gasteiger partial charge is 0.220 e. The monoisotopic (exact) mass is 402 g/mol. The molecule has 1 fully saturated rings. The van der Waals surface area contributed by atoms with Crippen molar-refractivity contribution < 1.29 is 4.79 Å². The lowest BCUT2D eigenvalue weighted by molar-refractivity contribution is -0.122. The van der Waals surface area contributed by atoms with Crippen molar-refractivity contribution in [1.82, 2.24) is 20.0 Å². The van der Waals surface area contributed by atoms with Crippen LogP contribution < -0.4 is 5.32 Å². The molecule has 2 heterocycles. The lowest BCUT2D eigenvalue weighted by Crippen LogP contribution is -2.44. The van der Waals surface area contributed by atoms with E-state index in [-0.39, 0.29) is 5.91 Å². The predicted octanol–water partition coefficient (Wildman–Crippen LogP) is 3.89. The minimum Gasteiger partial charge on any atom is -0.353 e. The van der Waals surface area contributed by atoms with Gasteiger partial charge in [-0.15, -0.1) is 0 Å². The standard InChI is InChI=1S/C25H30N4O/c1-20-6-5-7-21(16-20)18-28-14-12-23(13-15-28)27-25(30)11-10-22-17-26-29(19-22)24-8-3-2-4-9-24/h2-9,16-17,19,23H,10-15,18H2,1H3,(H,27,30). The highest BCUT2D eigenvalue weighted by molar-refractivity contribution is 5.76. The van der Waals surface area contributed by atoms with Crippen LogP contribution in [0.25, 0.3) is 5.69 Å². The predicted molar refractivity (Wildman–Crippen MR) is 120 cm³/mol. The summed E-state index contributed by atoms with van der Waals surface area (Å²) in [4.78, 5) is 14.9. The van der Waals surface area contributed by atoms with Crippen LogP contribution in [0.5, 0.6) is 0 Å². The molecule has 4 rings (SSSR count). The summed E-state index contributed by atoms with van der Waals surface area (Å²) in [5, 5.41) is 7.64. The van der Waals surface area contributed by atoms with E-state index < -0.39 is 0 Å². The van der Waals surface area contributed by atoms with Gasteiger partial charge in [0.15, 0.2) is 0 Å². The lowest BCUT2D eigenvalue weighted by atomic mass is 10.0. The summed E-state index contributed by atoms with van der Waals surface area (Å²) >= 11 is 0. The average molecular weight is 403 g/mol. The number of para-hydroxylation sites is 1. The van der Waals surface area contributed by atoms with Gasteiger partial charge in [-0.1, -0.05) is 48.0 Å². The highest BCUT2D eigenvalue weighted by Crippen LogP contribution is 2.15. The molecule has 1 N–H and O–H groups in total. The maximum Gasteiger partial charge on any atom is 0.220 e. The number of hydrogen-bond donors (Lipinski definition) is 1. The third-order valence-electron chi connectivity index (χ3n) is 5.74. The second kappa shape index (κ2) is 9.72. The summed E-state index contributed by atoms with van der Waals surface area (Å²) < 4.78 is 1.86. The van der Waals surface area contributed by atoms with Gasteiger partial charge in [0.05, 0.1) is 11.9 Å². The minimum atomic E-state index is 0.139. The van der Waals surface area contributed by atoms with Gasteiger partial charge in [0.2, 0.25) is 5.91 Å². The van der Waals surface area contributed by atoms with Crippen LogP contribution in [0.15, 0.2) is 67.0 Å². The van der Waals surface area contributed by atoms with Gasteiger partial charge in [0.25, 0.3) is 0 Å². The zero-order chi connectivity index (χ0) is 20.8. The van der Waals surface area contributed by atoms with Crippen molar-refractivity contribution in [2.45, 2.75) is 45.2 Å². The van der Waals surface area contributed by atoms with Crippen LogP contribution in [0.3, 0.4) is 0 Å². The van der Waals surface area contributed by atoms with Crippen LogP contribution in [-0.4, -0.2) is 39.7 Å². The molecule has 1 aromatic heterocycles. The summed E-state index contributed by atoms with van der Waals surface area (Å²) in [6.07, 6.45) is 7.11. The van der Waals surface area contributed by atoms with Crippen molar-refractivity contribution in [3.63, 3.8) is 0 Å². The normalized spacial score (nSPS) is 15.2. The maximum absolute atomic E-state index is 12.4. The van der Waals surface area contributed by atoms with Gasteiger partial charge in [0, 0.05) is 38.3 Å². The Morgan fingerprint density at radius 1 is 1.07 bits per heavy atom. The molecule has 5 heteroatoms. The number of nitrogens with one attached hydrogen (secondary N) is 1. The Morgan fingerprint density at radius 2 is 1.87 bits per heavy atom. The fourth-order valence-electron chi connectivity index (χ4n) is 4.07. The van der Waals surface area contributed by atoms with Crippen LogP contribution in [0.4, 0.5) is 0 Å². The SMILES string of the molecule is Cc1cccc(CN2CCC(NC(=O)CCc3cnn(-c4ccccc4)c3)CC2)c1. The van der Waals surface area contributed by atoms with Crippen LogP contribution in [0.2, 0.25) is 0 Å². The van der Waals surface area contributed by atoms with Crippen molar-refractivity contribution in [2.75, 3.05) is 13.1 Å². The number of carbonyl (C=O) groups excluding carboxylic acids is 1. The minimum absolute atomic E-state index is 0.139. The quantitative estimate of drug-likeness (QED) is 0.652. The topological polar surface area (TPSA) is 50.2 Å². The van der Waals surface area contributed by atoms with E-state index in [4.69, 9.17) is 0 Å². The van der Waals surface area contributed by atoms with E-state index in [0.717, 1.165) is 43.7 Å². The zero-order valence-electron chi connectivity index (χ0n) is 17.6. The number of rotatable bonds is 7. The van der Waals surface area contributed by atoms with E-state index in [1.54, 1.807) is 0 Å². The highest BCUT2D eigenvalue weighted by atomic mass is 16.1. The number of likely N-dealkylation sites (tertiary alicyclic amines) is 1. The van der Waals surface area contributed by atoms with Crippen LogP contribution in [-0.2, 0) is 17.8 Å². The number of piperidine rings is 1. The first-order chi connectivity index (χ1) is 14.7. The second-order valence-electron chi connectivity index (χ2n) is 8.24. The zero-order valence-corrected chi connectivity index (χ0v) is 17.6. The molecule has 0 bridgehead atoms. The summed E-state index contributed by atoms with van der Waals surface area (Å²) in [6, 6.07) is 19.0. The summed E-state index contributed by atoms with van der Waals surface area (Å²) in [5.41, 5.74) is 4.80. The fourth-order valence-corrected chi connectivity index (χ4v) is 4.07. The van der Waals surface area contributed by atoms with Gasteiger partial charge in [-0.05, 0) is 49.4 Å². The maximum atomic E-state index is 12.4. The summed E-state index contributed by atoms with van der Waals surface area (Å²) in [5.74, 6) is 0.139. The Bertz CT molecular complexity index is 958. The molecular weight excluding hydrogens is 372 g/mol. The molecule has 3 aromatic rings. The van der Waals surface area contributed by atoms with Crippen molar-refractivity contribution in [1.29, 1.82) is 0 Å². The van der Waals surface area contributed by atoms with E-state index in [1.165, 1.54) is 11.1 Å². The number of amides is 1. The lowest BCUT2D eigenvalue weighted by Gasteiger charge is -2.32. The number of hydrogen-bond acceptors (Lipinski definition) is 3. The molecule has 5 nitrogen and oxygen atoms in total. The molecule has 30 heavy (non-hydrogen) atoms. The second-order valence-corrected chi connectivity index (χ2v) is 8.24. The summed E-state index contributed by atoms with van der Waals surface area (Å²) in [7, 11) is 0. The molecule has 1 amide bonds. The molecule has 0 atom stereocenters. The molecule has 1 aliphatic rings. The Hall–Kier alpha value is -2.92. The fraction of sp³-hybridized carbons (Fsp3) is 0.360. The van der Waals surface area contributed by atoms with E-state index >= 15 is 0 Å². The van der Waals surface area contributed by atoms with Gasteiger partial charge >= 0.3 is 0 Å². The Kier molecular flexibility index (Phi) is 6.60. The number of carbonyl (C=O) groups is 1. The van der Waals surface area contributed by atoms with Gasteiger partial charge in [-0.3, -0.25) is 9.69 Å². The average Bonchev–Trinajstić information content (AvgIpc) is 3.24. The third-order valence-corrected chi connectivity index (χ3v) is 5.74. The highest BCUT2D eigenvalue weighted by Gasteiger charge is 2.20. The Labute approximate surface area is 178 Å². The Morgan fingerprint density at radius 3 is 2.63 bits per heavy atom. The van der Waals surface area contributed by atoms with Gasteiger partial charge < -0.3 is 5.32 Å². The van der Waals surface area contributed by atoms with Crippen LogP contribution >= 0.6 is 0 Å². The molecule has 1 saturated heterocycles. The first-order valence-electron chi connectivity index (χ1n) is 10.8. The van der Waals surface area contributed by atoms with E-state index in [1.807, 2.05) is 47.4 Å². The molecule has 0 spiro atoms. The van der Waals surface area contributed by atoms with E-state index in [2.05, 4.69) is 46.5 Å². The molecular formula is C25H30N4O. The number of aromatic nitrogens is 2.